The van der Waals surface area contributed by atoms with Crippen LogP contribution in [0.15, 0.2) is 54.9 Å². The minimum Gasteiger partial charge on any atom is -0.440 e. The predicted octanol–water partition coefficient (Wildman–Crippen LogP) is 4.47. The van der Waals surface area contributed by atoms with Gasteiger partial charge >= 0.3 is 6.09 Å². The molecule has 1 N–H and O–H groups in total. The fourth-order valence-corrected chi connectivity index (χ4v) is 3.78. The second-order valence-corrected chi connectivity index (χ2v) is 6.97. The number of benzene rings is 1. The number of carbonyl (C=O) groups excluding carboxylic acids is 1. The van der Waals surface area contributed by atoms with Crippen molar-refractivity contribution in [3.05, 3.63) is 65.4 Å². The Balaban J connectivity index is 1.52. The van der Waals surface area contributed by atoms with Crippen LogP contribution in [0.3, 0.4) is 0 Å². The Morgan fingerprint density at radius 2 is 2.04 bits per heavy atom. The third-order valence-corrected chi connectivity index (χ3v) is 5.34. The van der Waals surface area contributed by atoms with Gasteiger partial charge in [0.2, 0.25) is 4.96 Å². The number of rotatable bonds is 4. The van der Waals surface area contributed by atoms with Crippen LogP contribution in [-0.4, -0.2) is 25.7 Å². The molecule has 8 heteroatoms. The number of aromatic nitrogens is 4. The van der Waals surface area contributed by atoms with Crippen LogP contribution in [0.5, 0.6) is 0 Å². The van der Waals surface area contributed by atoms with E-state index in [-0.39, 0.29) is 0 Å². The van der Waals surface area contributed by atoms with Gasteiger partial charge in [-0.1, -0.05) is 29.5 Å². The first kappa shape index (κ1) is 17.2. The van der Waals surface area contributed by atoms with Crippen molar-refractivity contribution >= 4 is 28.1 Å². The van der Waals surface area contributed by atoms with Crippen LogP contribution in [0.1, 0.15) is 23.6 Å². The molecule has 0 aliphatic carbocycles. The molecular weight excluding hydrogens is 362 g/mol. The van der Waals surface area contributed by atoms with Crippen molar-refractivity contribution in [3.63, 3.8) is 0 Å². The lowest BCUT2D eigenvalue weighted by molar-refractivity contribution is 0.122. The average Bonchev–Trinajstić information content (AvgIpc) is 3.23. The normalized spacial score (nSPS) is 12.1. The van der Waals surface area contributed by atoms with Crippen LogP contribution < -0.4 is 5.32 Å². The summed E-state index contributed by atoms with van der Waals surface area (Å²) in [5.74, 6) is 0.624. The molecular formula is C19H17N5O2S. The molecule has 0 aliphatic heterocycles. The van der Waals surface area contributed by atoms with Gasteiger partial charge in [0.15, 0.2) is 5.82 Å². The minimum absolute atomic E-state index is 0.413. The van der Waals surface area contributed by atoms with Crippen LogP contribution in [-0.2, 0) is 4.74 Å². The van der Waals surface area contributed by atoms with Gasteiger partial charge in [-0.05, 0) is 38.1 Å². The Morgan fingerprint density at radius 3 is 2.74 bits per heavy atom. The first-order valence-electron chi connectivity index (χ1n) is 8.41. The maximum absolute atomic E-state index is 12.1. The lowest BCUT2D eigenvalue weighted by Gasteiger charge is -2.13. The molecule has 1 unspecified atom stereocenters. The van der Waals surface area contributed by atoms with Crippen molar-refractivity contribution < 1.29 is 9.53 Å². The molecule has 0 fully saturated rings. The molecule has 3 heterocycles. The summed E-state index contributed by atoms with van der Waals surface area (Å²) in [6.45, 7) is 3.78. The number of hydrogen-bond acceptors (Lipinski definition) is 6. The smallest absolute Gasteiger partial charge is 0.412 e. The molecule has 136 valence electrons. The first-order chi connectivity index (χ1) is 13.1. The molecule has 0 spiro atoms. The highest BCUT2D eigenvalue weighted by atomic mass is 32.1. The summed E-state index contributed by atoms with van der Waals surface area (Å²) < 4.78 is 7.29. The van der Waals surface area contributed by atoms with Gasteiger partial charge < -0.3 is 4.74 Å². The molecule has 0 aliphatic rings. The van der Waals surface area contributed by atoms with E-state index in [1.54, 1.807) is 29.0 Å². The molecule has 4 rings (SSSR count). The third-order valence-electron chi connectivity index (χ3n) is 4.05. The van der Waals surface area contributed by atoms with Crippen molar-refractivity contribution in [3.8, 4) is 11.4 Å². The largest absolute Gasteiger partial charge is 0.440 e. The summed E-state index contributed by atoms with van der Waals surface area (Å²) in [5.41, 5.74) is 2.45. The number of amides is 1. The Bertz CT molecular complexity index is 1080. The van der Waals surface area contributed by atoms with Crippen LogP contribution in [0.2, 0.25) is 0 Å². The number of hydrogen-bond donors (Lipinski definition) is 1. The number of pyridine rings is 1. The quantitative estimate of drug-likeness (QED) is 0.566. The van der Waals surface area contributed by atoms with Gasteiger partial charge in [0, 0.05) is 23.6 Å². The summed E-state index contributed by atoms with van der Waals surface area (Å²) in [5, 5.41) is 7.27. The van der Waals surface area contributed by atoms with E-state index in [9.17, 15) is 4.79 Å². The van der Waals surface area contributed by atoms with E-state index in [2.05, 4.69) is 20.4 Å². The molecule has 1 aromatic carbocycles. The third kappa shape index (κ3) is 3.52. The number of thiazole rings is 1. The summed E-state index contributed by atoms with van der Waals surface area (Å²) >= 11 is 1.46. The van der Waals surface area contributed by atoms with Crippen LogP contribution >= 0.6 is 11.3 Å². The van der Waals surface area contributed by atoms with E-state index in [1.165, 1.54) is 11.3 Å². The number of nitrogens with zero attached hydrogens (tertiary/aromatic N) is 4. The summed E-state index contributed by atoms with van der Waals surface area (Å²) in [6.07, 6.45) is 2.53. The van der Waals surface area contributed by atoms with E-state index in [0.29, 0.717) is 11.5 Å². The van der Waals surface area contributed by atoms with Crippen LogP contribution in [0.4, 0.5) is 10.5 Å². The lowest BCUT2D eigenvalue weighted by atomic mass is 10.3. The molecule has 0 saturated heterocycles. The van der Waals surface area contributed by atoms with E-state index >= 15 is 0 Å². The van der Waals surface area contributed by atoms with Crippen molar-refractivity contribution in [1.82, 2.24) is 19.6 Å². The summed E-state index contributed by atoms with van der Waals surface area (Å²) in [7, 11) is 0. The molecule has 1 atom stereocenters. The molecule has 27 heavy (non-hydrogen) atoms. The van der Waals surface area contributed by atoms with Gasteiger partial charge in [0.25, 0.3) is 0 Å². The standard InChI is InChI=1S/C19H17N5O2S/c1-12-16(13(2)26-19(25)21-15-8-4-3-5-9-15)27-18-22-17(23-24(12)18)14-7-6-10-20-11-14/h3-11,13H,1-2H3,(H,21,25). The lowest BCUT2D eigenvalue weighted by Crippen LogP contribution is -2.16. The molecule has 3 aromatic heterocycles. The van der Waals surface area contributed by atoms with Crippen LogP contribution in [0.25, 0.3) is 16.3 Å². The number of fused-ring (bicyclic) bond motifs is 1. The number of anilines is 1. The van der Waals surface area contributed by atoms with Gasteiger partial charge in [-0.25, -0.2) is 9.31 Å². The van der Waals surface area contributed by atoms with Gasteiger partial charge in [-0.2, -0.15) is 4.98 Å². The molecule has 0 radical (unpaired) electrons. The Morgan fingerprint density at radius 1 is 1.22 bits per heavy atom. The van der Waals surface area contributed by atoms with Crippen LogP contribution in [0, 0.1) is 6.92 Å². The molecule has 0 bridgehead atoms. The second kappa shape index (κ2) is 7.16. The number of ether oxygens (including phenoxy) is 1. The maximum atomic E-state index is 12.1. The van der Waals surface area contributed by atoms with E-state index in [4.69, 9.17) is 4.74 Å². The van der Waals surface area contributed by atoms with Gasteiger partial charge in [0.05, 0.1) is 10.6 Å². The zero-order valence-electron chi connectivity index (χ0n) is 14.8. The minimum atomic E-state index is -0.497. The molecule has 0 saturated carbocycles. The highest BCUT2D eigenvalue weighted by Gasteiger charge is 2.21. The number of nitrogens with one attached hydrogen (secondary N) is 1. The van der Waals surface area contributed by atoms with Gasteiger partial charge in [0.1, 0.15) is 6.10 Å². The number of aryl methyl sites for hydroxylation is 1. The van der Waals surface area contributed by atoms with E-state index in [0.717, 1.165) is 21.1 Å². The Kier molecular flexibility index (Phi) is 4.55. The summed E-state index contributed by atoms with van der Waals surface area (Å²) in [6, 6.07) is 13.0. The van der Waals surface area contributed by atoms with Gasteiger partial charge in [-0.15, -0.1) is 5.10 Å². The zero-order chi connectivity index (χ0) is 18.8. The maximum Gasteiger partial charge on any atom is 0.412 e. The average molecular weight is 379 g/mol. The SMILES string of the molecule is Cc1c(C(C)OC(=O)Nc2ccccc2)sc2nc(-c3cccnc3)nn12. The monoisotopic (exact) mass is 379 g/mol. The van der Waals surface area contributed by atoms with Crippen molar-refractivity contribution in [2.45, 2.75) is 20.0 Å². The van der Waals surface area contributed by atoms with Gasteiger partial charge in [-0.3, -0.25) is 10.3 Å². The van der Waals surface area contributed by atoms with E-state index < -0.39 is 12.2 Å². The molecule has 7 nitrogen and oxygen atoms in total. The summed E-state index contributed by atoms with van der Waals surface area (Å²) in [4.78, 5) is 22.5. The second-order valence-electron chi connectivity index (χ2n) is 5.96. The first-order valence-corrected chi connectivity index (χ1v) is 9.22. The Labute approximate surface area is 159 Å². The highest BCUT2D eigenvalue weighted by Crippen LogP contribution is 2.31. The highest BCUT2D eigenvalue weighted by molar-refractivity contribution is 7.17. The number of carbonyl (C=O) groups is 1. The fraction of sp³-hybridized carbons (Fsp3) is 0.158. The molecule has 1 amide bonds. The fourth-order valence-electron chi connectivity index (χ4n) is 2.74. The molecule has 4 aromatic rings. The Hall–Kier alpha value is -3.26. The van der Waals surface area contributed by atoms with Crippen molar-refractivity contribution in [2.24, 2.45) is 0 Å². The van der Waals surface area contributed by atoms with Crippen molar-refractivity contribution in [1.29, 1.82) is 0 Å². The predicted molar refractivity (Wildman–Crippen MR) is 104 cm³/mol. The van der Waals surface area contributed by atoms with E-state index in [1.807, 2.05) is 44.2 Å². The number of para-hydroxylation sites is 1. The zero-order valence-corrected chi connectivity index (χ0v) is 15.6. The topological polar surface area (TPSA) is 81.4 Å². The van der Waals surface area contributed by atoms with Crippen molar-refractivity contribution in [2.75, 3.05) is 5.32 Å².